The van der Waals surface area contributed by atoms with Gasteiger partial charge in [-0.15, -0.1) is 11.3 Å². The summed E-state index contributed by atoms with van der Waals surface area (Å²) < 4.78 is 26.2. The summed E-state index contributed by atoms with van der Waals surface area (Å²) in [5.41, 5.74) is 5.46. The van der Waals surface area contributed by atoms with Crippen molar-refractivity contribution < 1.29 is 8.78 Å². The van der Waals surface area contributed by atoms with Gasteiger partial charge < -0.3 is 5.73 Å². The van der Waals surface area contributed by atoms with Crippen molar-refractivity contribution in [2.24, 2.45) is 5.73 Å². The Balaban J connectivity index is 3.00. The number of hydrogen-bond acceptors (Lipinski definition) is 3. The van der Waals surface area contributed by atoms with Gasteiger partial charge in [-0.1, -0.05) is 20.8 Å². The van der Waals surface area contributed by atoms with Crippen LogP contribution in [0.4, 0.5) is 8.78 Å². The molecule has 0 fully saturated rings. The maximum Gasteiger partial charge on any atom is 0.310 e. The molecule has 0 radical (unpaired) electrons. The van der Waals surface area contributed by atoms with Gasteiger partial charge in [0.15, 0.2) is 5.01 Å². The molecule has 1 heterocycles. The Morgan fingerprint density at radius 3 is 2.36 bits per heavy atom. The molecule has 5 heteroatoms. The van der Waals surface area contributed by atoms with Crippen molar-refractivity contribution in [1.82, 2.24) is 4.98 Å². The van der Waals surface area contributed by atoms with E-state index in [1.54, 1.807) is 5.38 Å². The third-order valence-corrected chi connectivity index (χ3v) is 2.80. The number of rotatable bonds is 2. The molecular formula is C9H14F2N2S. The molecule has 0 unspecified atom stereocenters. The molecule has 0 bridgehead atoms. The number of nitrogens with two attached hydrogens (primary N) is 1. The van der Waals surface area contributed by atoms with E-state index in [2.05, 4.69) is 4.98 Å². The van der Waals surface area contributed by atoms with Crippen LogP contribution >= 0.6 is 11.3 Å². The van der Waals surface area contributed by atoms with Gasteiger partial charge in [-0.25, -0.2) is 4.98 Å². The van der Waals surface area contributed by atoms with Gasteiger partial charge in [0, 0.05) is 10.8 Å². The van der Waals surface area contributed by atoms with E-state index in [4.69, 9.17) is 5.73 Å². The minimum atomic E-state index is -2.99. The van der Waals surface area contributed by atoms with Crippen LogP contribution in [0.25, 0.3) is 0 Å². The smallest absolute Gasteiger partial charge is 0.310 e. The van der Waals surface area contributed by atoms with Crippen LogP contribution in [0.2, 0.25) is 0 Å². The number of thiazole rings is 1. The molecule has 2 nitrogen and oxygen atoms in total. The standard InChI is InChI=1S/C9H14F2N2S/c1-8(2,3)6-4-14-7(13-6)9(10,11)5-12/h4H,5,12H2,1-3H3. The van der Waals surface area contributed by atoms with Gasteiger partial charge in [0.2, 0.25) is 0 Å². The van der Waals surface area contributed by atoms with Gasteiger partial charge in [-0.2, -0.15) is 8.78 Å². The van der Waals surface area contributed by atoms with Crippen LogP contribution in [0.3, 0.4) is 0 Å². The molecule has 1 aromatic heterocycles. The maximum atomic E-state index is 13.1. The zero-order chi connectivity index (χ0) is 11.0. The highest BCUT2D eigenvalue weighted by molar-refractivity contribution is 7.09. The summed E-state index contributed by atoms with van der Waals surface area (Å²) >= 11 is 0.967. The molecule has 0 amide bonds. The van der Waals surface area contributed by atoms with E-state index in [-0.39, 0.29) is 10.4 Å². The van der Waals surface area contributed by atoms with Crippen LogP contribution in [-0.4, -0.2) is 11.5 Å². The molecule has 0 atom stereocenters. The Bertz CT molecular complexity index is 315. The number of halogens is 2. The van der Waals surface area contributed by atoms with Crippen molar-refractivity contribution in [1.29, 1.82) is 0 Å². The predicted molar refractivity (Wildman–Crippen MR) is 53.8 cm³/mol. The molecule has 0 saturated carbocycles. The first-order valence-electron chi connectivity index (χ1n) is 4.32. The number of alkyl halides is 2. The molecule has 0 saturated heterocycles. The van der Waals surface area contributed by atoms with E-state index in [0.717, 1.165) is 11.3 Å². The van der Waals surface area contributed by atoms with Crippen LogP contribution in [0.15, 0.2) is 5.38 Å². The Labute approximate surface area is 86.2 Å². The molecule has 14 heavy (non-hydrogen) atoms. The van der Waals surface area contributed by atoms with E-state index in [1.807, 2.05) is 20.8 Å². The van der Waals surface area contributed by atoms with Gasteiger partial charge in [0.25, 0.3) is 0 Å². The van der Waals surface area contributed by atoms with Crippen molar-refractivity contribution in [2.75, 3.05) is 6.54 Å². The lowest BCUT2D eigenvalue weighted by Gasteiger charge is -2.15. The van der Waals surface area contributed by atoms with E-state index in [0.29, 0.717) is 5.69 Å². The highest BCUT2D eigenvalue weighted by Gasteiger charge is 2.34. The SMILES string of the molecule is CC(C)(C)c1csc(C(F)(F)CN)n1. The Morgan fingerprint density at radius 2 is 2.00 bits per heavy atom. The summed E-state index contributed by atoms with van der Waals surface area (Å²) in [4.78, 5) is 3.91. The van der Waals surface area contributed by atoms with Crippen LogP contribution in [-0.2, 0) is 11.3 Å². The average Bonchev–Trinajstić information content (AvgIpc) is 2.51. The predicted octanol–water partition coefficient (Wildman–Crippen LogP) is 2.49. The van der Waals surface area contributed by atoms with Crippen molar-refractivity contribution in [3.63, 3.8) is 0 Å². The molecule has 0 aliphatic heterocycles. The first-order valence-corrected chi connectivity index (χ1v) is 5.20. The zero-order valence-corrected chi connectivity index (χ0v) is 9.29. The van der Waals surface area contributed by atoms with Gasteiger partial charge >= 0.3 is 5.92 Å². The molecule has 2 N–H and O–H groups in total. The van der Waals surface area contributed by atoms with Crippen molar-refractivity contribution in [2.45, 2.75) is 32.1 Å². The molecule has 0 aliphatic carbocycles. The molecule has 1 aromatic rings. The minimum absolute atomic E-state index is 0.190. The Hall–Kier alpha value is -0.550. The fraction of sp³-hybridized carbons (Fsp3) is 0.667. The largest absolute Gasteiger partial charge is 0.325 e. The second-order valence-corrected chi connectivity index (χ2v) is 5.05. The van der Waals surface area contributed by atoms with Crippen LogP contribution < -0.4 is 5.73 Å². The fourth-order valence-electron chi connectivity index (χ4n) is 0.874. The van der Waals surface area contributed by atoms with Crippen molar-refractivity contribution in [3.8, 4) is 0 Å². The molecular weight excluding hydrogens is 206 g/mol. The quantitative estimate of drug-likeness (QED) is 0.831. The molecule has 1 rings (SSSR count). The van der Waals surface area contributed by atoms with Crippen molar-refractivity contribution in [3.05, 3.63) is 16.1 Å². The monoisotopic (exact) mass is 220 g/mol. The minimum Gasteiger partial charge on any atom is -0.325 e. The number of nitrogens with zero attached hydrogens (tertiary/aromatic N) is 1. The zero-order valence-electron chi connectivity index (χ0n) is 8.47. The average molecular weight is 220 g/mol. The lowest BCUT2D eigenvalue weighted by Crippen LogP contribution is -2.25. The topological polar surface area (TPSA) is 38.9 Å². The second-order valence-electron chi connectivity index (χ2n) is 4.20. The molecule has 0 aromatic carbocycles. The lowest BCUT2D eigenvalue weighted by molar-refractivity contribution is 0.00550. The van der Waals surface area contributed by atoms with Gasteiger partial charge in [0.1, 0.15) is 0 Å². The normalized spacial score (nSPS) is 13.3. The first-order chi connectivity index (χ1) is 6.27. The van der Waals surface area contributed by atoms with Crippen LogP contribution in [0, 0.1) is 0 Å². The molecule has 80 valence electrons. The van der Waals surface area contributed by atoms with E-state index in [1.165, 1.54) is 0 Å². The summed E-state index contributed by atoms with van der Waals surface area (Å²) in [6, 6.07) is 0. The van der Waals surface area contributed by atoms with Crippen molar-refractivity contribution >= 4 is 11.3 Å². The molecule has 0 aliphatic rings. The highest BCUT2D eigenvalue weighted by Crippen LogP contribution is 2.32. The van der Waals surface area contributed by atoms with E-state index >= 15 is 0 Å². The van der Waals surface area contributed by atoms with Gasteiger partial charge in [-0.05, 0) is 0 Å². The van der Waals surface area contributed by atoms with Crippen LogP contribution in [0.1, 0.15) is 31.5 Å². The van der Waals surface area contributed by atoms with E-state index in [9.17, 15) is 8.78 Å². The maximum absolute atomic E-state index is 13.1. The highest BCUT2D eigenvalue weighted by atomic mass is 32.1. The third kappa shape index (κ3) is 2.27. The first kappa shape index (κ1) is 11.5. The van der Waals surface area contributed by atoms with Gasteiger partial charge in [-0.3, -0.25) is 0 Å². The number of hydrogen-bond donors (Lipinski definition) is 1. The summed E-state index contributed by atoms with van der Waals surface area (Å²) in [5, 5.41) is 1.48. The number of aromatic nitrogens is 1. The van der Waals surface area contributed by atoms with Crippen LogP contribution in [0.5, 0.6) is 0 Å². The Kier molecular flexibility index (Phi) is 2.92. The Morgan fingerprint density at radius 1 is 1.43 bits per heavy atom. The fourth-order valence-corrected chi connectivity index (χ4v) is 1.91. The third-order valence-electron chi connectivity index (χ3n) is 1.84. The summed E-state index contributed by atoms with van der Waals surface area (Å²) in [5.74, 6) is -2.99. The lowest BCUT2D eigenvalue weighted by atomic mass is 9.93. The summed E-state index contributed by atoms with van der Waals surface area (Å²) in [7, 11) is 0. The summed E-state index contributed by atoms with van der Waals surface area (Å²) in [6.45, 7) is 5.12. The van der Waals surface area contributed by atoms with Gasteiger partial charge in [0.05, 0.1) is 12.2 Å². The second kappa shape index (κ2) is 3.55. The van der Waals surface area contributed by atoms with E-state index < -0.39 is 12.5 Å². The molecule has 0 spiro atoms. The summed E-state index contributed by atoms with van der Waals surface area (Å²) in [6.07, 6.45) is 0.